The lowest BCUT2D eigenvalue weighted by Gasteiger charge is -2.08. The maximum absolute atomic E-state index is 3.49. The van der Waals surface area contributed by atoms with Crippen LogP contribution in [0, 0.1) is 6.92 Å². The van der Waals surface area contributed by atoms with Crippen molar-refractivity contribution in [3.63, 3.8) is 0 Å². The van der Waals surface area contributed by atoms with Gasteiger partial charge in [-0.15, -0.1) is 0 Å². The highest BCUT2D eigenvalue weighted by Crippen LogP contribution is 2.14. The summed E-state index contributed by atoms with van der Waals surface area (Å²) in [6.07, 6.45) is 0. The third-order valence-electron chi connectivity index (χ3n) is 3.39. The van der Waals surface area contributed by atoms with Crippen LogP contribution >= 0.6 is 0 Å². The molecule has 0 unspecified atom stereocenters. The van der Waals surface area contributed by atoms with Crippen LogP contribution < -0.4 is 5.32 Å². The largest absolute Gasteiger partial charge is 0.309 e. The number of rotatable bonds is 5. The van der Waals surface area contributed by atoms with Crippen LogP contribution in [0.2, 0.25) is 0 Å². The summed E-state index contributed by atoms with van der Waals surface area (Å²) in [4.78, 5) is 0. The molecule has 0 fully saturated rings. The van der Waals surface area contributed by atoms with Crippen molar-refractivity contribution in [2.24, 2.45) is 0 Å². The fourth-order valence-electron chi connectivity index (χ4n) is 2.19. The average molecular weight is 253 g/mol. The second-order valence-electron chi connectivity index (χ2n) is 5.49. The summed E-state index contributed by atoms with van der Waals surface area (Å²) in [5.41, 5.74) is 5.42. The normalized spacial score (nSPS) is 10.9. The Morgan fingerprint density at radius 3 is 2.21 bits per heavy atom. The molecule has 0 spiro atoms. The van der Waals surface area contributed by atoms with E-state index in [2.05, 4.69) is 74.6 Å². The van der Waals surface area contributed by atoms with Gasteiger partial charge in [0.1, 0.15) is 0 Å². The van der Waals surface area contributed by atoms with Gasteiger partial charge >= 0.3 is 0 Å². The molecule has 1 heteroatoms. The predicted octanol–water partition coefficient (Wildman–Crippen LogP) is 4.41. The van der Waals surface area contributed by atoms with E-state index in [1.807, 2.05) is 0 Å². The molecule has 1 nitrogen and oxygen atoms in total. The van der Waals surface area contributed by atoms with E-state index >= 15 is 0 Å². The Kier molecular flexibility index (Phi) is 4.75. The third kappa shape index (κ3) is 4.22. The Labute approximate surface area is 116 Å². The molecule has 0 atom stereocenters. The minimum atomic E-state index is 0.606. The Bertz CT molecular complexity index is 511. The lowest BCUT2D eigenvalue weighted by Crippen LogP contribution is -2.12. The van der Waals surface area contributed by atoms with E-state index < -0.39 is 0 Å². The van der Waals surface area contributed by atoms with E-state index in [0.29, 0.717) is 5.92 Å². The van der Waals surface area contributed by atoms with Crippen molar-refractivity contribution in [2.75, 3.05) is 0 Å². The number of benzene rings is 2. The Balaban J connectivity index is 1.85. The summed E-state index contributed by atoms with van der Waals surface area (Å²) in [6, 6.07) is 17.6. The molecule has 19 heavy (non-hydrogen) atoms. The molecule has 0 radical (unpaired) electrons. The van der Waals surface area contributed by atoms with Gasteiger partial charge in [0.2, 0.25) is 0 Å². The monoisotopic (exact) mass is 253 g/mol. The van der Waals surface area contributed by atoms with E-state index in [1.54, 1.807) is 0 Å². The van der Waals surface area contributed by atoms with Gasteiger partial charge in [0.25, 0.3) is 0 Å². The minimum absolute atomic E-state index is 0.606. The molecule has 100 valence electrons. The quantitative estimate of drug-likeness (QED) is 0.832. The SMILES string of the molecule is Cc1cccc(CNCc2ccc(C(C)C)cc2)c1. The number of hydrogen-bond acceptors (Lipinski definition) is 1. The second-order valence-corrected chi connectivity index (χ2v) is 5.49. The summed E-state index contributed by atoms with van der Waals surface area (Å²) in [7, 11) is 0. The molecule has 0 aromatic heterocycles. The third-order valence-corrected chi connectivity index (χ3v) is 3.39. The summed E-state index contributed by atoms with van der Waals surface area (Å²) >= 11 is 0. The standard InChI is InChI=1S/C18H23N/c1-14(2)18-9-7-16(8-10-18)12-19-13-17-6-4-5-15(3)11-17/h4-11,14,19H,12-13H2,1-3H3. The van der Waals surface area contributed by atoms with Crippen LogP contribution in [0.1, 0.15) is 42.0 Å². The van der Waals surface area contributed by atoms with Crippen LogP contribution in [0.15, 0.2) is 48.5 Å². The maximum Gasteiger partial charge on any atom is 0.0208 e. The van der Waals surface area contributed by atoms with Crippen LogP contribution in [-0.4, -0.2) is 0 Å². The van der Waals surface area contributed by atoms with Crippen molar-refractivity contribution in [2.45, 2.75) is 39.8 Å². The maximum atomic E-state index is 3.49. The van der Waals surface area contributed by atoms with Crippen LogP contribution in [-0.2, 0) is 13.1 Å². The summed E-state index contributed by atoms with van der Waals surface area (Å²) in [6.45, 7) is 8.43. The van der Waals surface area contributed by atoms with Crippen LogP contribution in [0.5, 0.6) is 0 Å². The lowest BCUT2D eigenvalue weighted by atomic mass is 10.0. The van der Waals surface area contributed by atoms with Gasteiger partial charge in [0.15, 0.2) is 0 Å². The first-order valence-electron chi connectivity index (χ1n) is 7.00. The summed E-state index contributed by atoms with van der Waals surface area (Å²) in [5.74, 6) is 0.606. The molecular weight excluding hydrogens is 230 g/mol. The fourth-order valence-corrected chi connectivity index (χ4v) is 2.19. The molecular formula is C18H23N. The fraction of sp³-hybridized carbons (Fsp3) is 0.333. The Morgan fingerprint density at radius 2 is 1.58 bits per heavy atom. The van der Waals surface area contributed by atoms with Gasteiger partial charge < -0.3 is 5.32 Å². The van der Waals surface area contributed by atoms with Gasteiger partial charge in [-0.1, -0.05) is 67.9 Å². The number of aryl methyl sites for hydroxylation is 1. The molecule has 0 heterocycles. The molecule has 2 aromatic carbocycles. The van der Waals surface area contributed by atoms with E-state index in [-0.39, 0.29) is 0 Å². The zero-order valence-corrected chi connectivity index (χ0v) is 12.1. The van der Waals surface area contributed by atoms with Crippen molar-refractivity contribution in [3.05, 3.63) is 70.8 Å². The van der Waals surface area contributed by atoms with Crippen molar-refractivity contribution in [1.29, 1.82) is 0 Å². The average Bonchev–Trinajstić information content (AvgIpc) is 2.39. The zero-order chi connectivity index (χ0) is 13.7. The molecule has 2 rings (SSSR count). The zero-order valence-electron chi connectivity index (χ0n) is 12.1. The summed E-state index contributed by atoms with van der Waals surface area (Å²) in [5, 5.41) is 3.49. The second kappa shape index (κ2) is 6.53. The smallest absolute Gasteiger partial charge is 0.0208 e. The molecule has 0 saturated carbocycles. The van der Waals surface area contributed by atoms with Gasteiger partial charge in [0, 0.05) is 13.1 Å². The van der Waals surface area contributed by atoms with E-state index in [0.717, 1.165) is 13.1 Å². The van der Waals surface area contributed by atoms with Gasteiger partial charge in [-0.25, -0.2) is 0 Å². The number of hydrogen-bond donors (Lipinski definition) is 1. The molecule has 0 amide bonds. The molecule has 0 aliphatic carbocycles. The van der Waals surface area contributed by atoms with Gasteiger partial charge in [-0.3, -0.25) is 0 Å². The molecule has 0 aliphatic rings. The van der Waals surface area contributed by atoms with Gasteiger partial charge in [-0.2, -0.15) is 0 Å². The topological polar surface area (TPSA) is 12.0 Å². The molecule has 0 bridgehead atoms. The first kappa shape index (κ1) is 13.8. The van der Waals surface area contributed by atoms with Crippen LogP contribution in [0.25, 0.3) is 0 Å². The van der Waals surface area contributed by atoms with E-state index in [1.165, 1.54) is 22.3 Å². The molecule has 1 N–H and O–H groups in total. The van der Waals surface area contributed by atoms with Crippen LogP contribution in [0.4, 0.5) is 0 Å². The van der Waals surface area contributed by atoms with Gasteiger partial charge in [0.05, 0.1) is 0 Å². The first-order chi connectivity index (χ1) is 9.15. The van der Waals surface area contributed by atoms with E-state index in [9.17, 15) is 0 Å². The highest BCUT2D eigenvalue weighted by atomic mass is 14.8. The van der Waals surface area contributed by atoms with Crippen molar-refractivity contribution in [1.82, 2.24) is 5.32 Å². The lowest BCUT2D eigenvalue weighted by molar-refractivity contribution is 0.692. The molecule has 0 saturated heterocycles. The Morgan fingerprint density at radius 1 is 0.895 bits per heavy atom. The first-order valence-corrected chi connectivity index (χ1v) is 7.00. The molecule has 0 aliphatic heterocycles. The van der Waals surface area contributed by atoms with Gasteiger partial charge in [-0.05, 0) is 29.5 Å². The van der Waals surface area contributed by atoms with Crippen molar-refractivity contribution < 1.29 is 0 Å². The van der Waals surface area contributed by atoms with Crippen LogP contribution in [0.3, 0.4) is 0 Å². The number of nitrogens with one attached hydrogen (secondary N) is 1. The van der Waals surface area contributed by atoms with Crippen molar-refractivity contribution >= 4 is 0 Å². The highest BCUT2D eigenvalue weighted by molar-refractivity contribution is 5.25. The minimum Gasteiger partial charge on any atom is -0.309 e. The molecule has 2 aromatic rings. The van der Waals surface area contributed by atoms with E-state index in [4.69, 9.17) is 0 Å². The summed E-state index contributed by atoms with van der Waals surface area (Å²) < 4.78 is 0. The Hall–Kier alpha value is -1.60. The van der Waals surface area contributed by atoms with Crippen molar-refractivity contribution in [3.8, 4) is 0 Å². The predicted molar refractivity (Wildman–Crippen MR) is 82.3 cm³/mol. The highest BCUT2D eigenvalue weighted by Gasteiger charge is 1.99.